The fourth-order valence-corrected chi connectivity index (χ4v) is 3.36. The molecule has 0 radical (unpaired) electrons. The van der Waals surface area contributed by atoms with Crippen LogP contribution in [0.5, 0.6) is 0 Å². The van der Waals surface area contributed by atoms with E-state index in [1.165, 1.54) is 12.1 Å². The van der Waals surface area contributed by atoms with E-state index in [0.717, 1.165) is 17.0 Å². The molecule has 0 bridgehead atoms. The Morgan fingerprint density at radius 3 is 1.32 bits per heavy atom. The van der Waals surface area contributed by atoms with Crippen molar-refractivity contribution in [1.82, 2.24) is 4.90 Å². The van der Waals surface area contributed by atoms with Crippen LogP contribution >= 0.6 is 0 Å². The molecule has 230 valence electrons. The molecule has 1 aromatic carbocycles. The van der Waals surface area contributed by atoms with Crippen LogP contribution in [-0.4, -0.2) is 84.6 Å². The van der Waals surface area contributed by atoms with Crippen molar-refractivity contribution in [3.05, 3.63) is 30.1 Å². The summed E-state index contributed by atoms with van der Waals surface area (Å²) >= 11 is 0. The van der Waals surface area contributed by atoms with E-state index in [2.05, 4.69) is 0 Å². The molecule has 1 aliphatic heterocycles. The Bertz CT molecular complexity index is 1090. The van der Waals surface area contributed by atoms with Crippen molar-refractivity contribution in [2.45, 2.75) is 47.6 Å². The first-order chi connectivity index (χ1) is 17.6. The molecule has 1 fully saturated rings. The maximum Gasteiger partial charge on any atom is 0.460 e. The van der Waals surface area contributed by atoms with Gasteiger partial charge in [-0.3, -0.25) is 4.79 Å². The van der Waals surface area contributed by atoms with Gasteiger partial charge in [0.05, 0.1) is 5.69 Å². The predicted octanol–water partition coefficient (Wildman–Crippen LogP) is 6.48. The summed E-state index contributed by atoms with van der Waals surface area (Å²) in [5.74, 6) is -62.6. The van der Waals surface area contributed by atoms with Crippen molar-refractivity contribution in [3.63, 3.8) is 0 Å². The van der Waals surface area contributed by atoms with Crippen LogP contribution in [0.1, 0.15) is 0 Å². The van der Waals surface area contributed by atoms with Crippen LogP contribution < -0.4 is 4.90 Å². The number of halogens is 18. The number of amides is 1. The number of piperazine rings is 1. The van der Waals surface area contributed by atoms with Crippen LogP contribution in [0.3, 0.4) is 0 Å². The van der Waals surface area contributed by atoms with E-state index < -0.39 is 90.4 Å². The molecule has 3 nitrogen and oxygen atoms in total. The zero-order valence-electron chi connectivity index (χ0n) is 18.7. The lowest BCUT2D eigenvalue weighted by Crippen LogP contribution is -2.75. The number of benzene rings is 1. The standard InChI is InChI=1S/C19H12F18N2O/c20-9-3-1-2-4-10(9)38-5-7-39(8-6-38)11(40)12(21,22)13(23,24)14(25,26)15(27,28)16(29,30)17(31,32)18(33,34)19(35,36)37/h1-4H,5-8H2. The zero-order valence-corrected chi connectivity index (χ0v) is 18.7. The lowest BCUT2D eigenvalue weighted by atomic mass is 9.88. The van der Waals surface area contributed by atoms with Gasteiger partial charge in [-0.15, -0.1) is 0 Å². The van der Waals surface area contributed by atoms with Crippen molar-refractivity contribution in [2.75, 3.05) is 31.1 Å². The van der Waals surface area contributed by atoms with Crippen LogP contribution in [0.25, 0.3) is 0 Å². The minimum Gasteiger partial charge on any atom is -0.366 e. The highest BCUT2D eigenvalue weighted by molar-refractivity contribution is 5.85. The van der Waals surface area contributed by atoms with E-state index in [4.69, 9.17) is 0 Å². The minimum absolute atomic E-state index is 0.225. The van der Waals surface area contributed by atoms with E-state index in [0.29, 0.717) is 0 Å². The highest BCUT2D eigenvalue weighted by Crippen LogP contribution is 2.64. The zero-order chi connectivity index (χ0) is 31.5. The highest BCUT2D eigenvalue weighted by Gasteiger charge is 2.95. The van der Waals surface area contributed by atoms with Crippen LogP contribution in [0, 0.1) is 5.82 Å². The molecular formula is C19H12F18N2O. The monoisotopic (exact) mass is 626 g/mol. The van der Waals surface area contributed by atoms with Gasteiger partial charge < -0.3 is 9.80 Å². The van der Waals surface area contributed by atoms with Crippen molar-refractivity contribution in [1.29, 1.82) is 0 Å². The Balaban J connectivity index is 2.41. The summed E-state index contributed by atoms with van der Waals surface area (Å²) in [6, 6.07) is 4.52. The topological polar surface area (TPSA) is 23.6 Å². The first kappa shape index (κ1) is 33.4. The van der Waals surface area contributed by atoms with E-state index in [-0.39, 0.29) is 5.69 Å². The summed E-state index contributed by atoms with van der Waals surface area (Å²) in [4.78, 5) is 12.5. The quantitative estimate of drug-likeness (QED) is 0.309. The van der Waals surface area contributed by atoms with Crippen molar-refractivity contribution in [3.8, 4) is 0 Å². The van der Waals surface area contributed by atoms with Crippen LogP contribution in [0.15, 0.2) is 24.3 Å². The van der Waals surface area contributed by atoms with E-state index in [9.17, 15) is 83.8 Å². The average Bonchev–Trinajstić information content (AvgIpc) is 2.82. The molecule has 21 heteroatoms. The van der Waals surface area contributed by atoms with Crippen LogP contribution in [0.4, 0.5) is 84.7 Å². The summed E-state index contributed by atoms with van der Waals surface area (Å²) in [6.45, 7) is -3.63. The first-order valence-corrected chi connectivity index (χ1v) is 10.1. The molecule has 0 saturated carbocycles. The molecule has 0 atom stereocenters. The van der Waals surface area contributed by atoms with Crippen LogP contribution in [0.2, 0.25) is 0 Å². The summed E-state index contributed by atoms with van der Waals surface area (Å²) < 4.78 is 241. The van der Waals surface area contributed by atoms with Crippen molar-refractivity contribution >= 4 is 11.6 Å². The van der Waals surface area contributed by atoms with Crippen molar-refractivity contribution in [2.24, 2.45) is 0 Å². The summed E-state index contributed by atoms with van der Waals surface area (Å²) in [5.41, 5.74) is -0.225. The van der Waals surface area contributed by atoms with Gasteiger partial charge >= 0.3 is 47.6 Å². The normalized spacial score (nSPS) is 17.4. The average molecular weight is 626 g/mol. The predicted molar refractivity (Wildman–Crippen MR) is 95.9 cm³/mol. The first-order valence-electron chi connectivity index (χ1n) is 10.1. The number of alkyl halides is 17. The second-order valence-corrected chi connectivity index (χ2v) is 8.25. The van der Waals surface area contributed by atoms with Crippen molar-refractivity contribution < 1.29 is 83.8 Å². The highest BCUT2D eigenvalue weighted by atomic mass is 19.4. The SMILES string of the molecule is O=C(N1CCN(c2ccccc2F)CC1)C(F)(F)C(F)(F)C(F)(F)C(F)(F)C(F)(F)C(F)(F)C(F)(F)C(F)(F)F. The van der Waals surface area contributed by atoms with Gasteiger partial charge in [-0.25, -0.2) is 4.39 Å². The minimum atomic E-state index is -8.77. The third-order valence-electron chi connectivity index (χ3n) is 5.75. The molecule has 0 aliphatic carbocycles. The van der Waals surface area contributed by atoms with Gasteiger partial charge in [-0.2, -0.15) is 74.6 Å². The Morgan fingerprint density at radius 2 is 0.925 bits per heavy atom. The second-order valence-electron chi connectivity index (χ2n) is 8.25. The summed E-state index contributed by atoms with van der Waals surface area (Å²) in [7, 11) is 0. The molecule has 1 aromatic rings. The molecule has 0 unspecified atom stereocenters. The fraction of sp³-hybridized carbons (Fsp3) is 0.632. The number of hydrogen-bond acceptors (Lipinski definition) is 2. The largest absolute Gasteiger partial charge is 0.460 e. The van der Waals surface area contributed by atoms with Gasteiger partial charge in [0.15, 0.2) is 0 Å². The molecule has 40 heavy (non-hydrogen) atoms. The molecule has 1 heterocycles. The molecule has 0 spiro atoms. The maximum absolute atomic E-state index is 14.2. The number of anilines is 1. The molecule has 0 N–H and O–H groups in total. The molecule has 1 aliphatic rings. The number of rotatable bonds is 8. The smallest absolute Gasteiger partial charge is 0.366 e. The molecular weight excluding hydrogens is 614 g/mol. The second kappa shape index (κ2) is 9.66. The summed E-state index contributed by atoms with van der Waals surface area (Å²) in [5, 5.41) is 0. The number of carbonyl (C=O) groups excluding carboxylic acids is 1. The molecule has 0 aromatic heterocycles. The van der Waals surface area contributed by atoms with Gasteiger partial charge in [0, 0.05) is 26.2 Å². The Kier molecular flexibility index (Phi) is 8.07. The third kappa shape index (κ3) is 4.55. The summed E-state index contributed by atoms with van der Waals surface area (Å²) in [6.07, 6.45) is -7.85. The number of hydrogen-bond donors (Lipinski definition) is 0. The maximum atomic E-state index is 14.2. The van der Waals surface area contributed by atoms with Gasteiger partial charge in [0.1, 0.15) is 5.82 Å². The molecule has 2 rings (SSSR count). The third-order valence-corrected chi connectivity index (χ3v) is 5.75. The van der Waals surface area contributed by atoms with E-state index in [1.54, 1.807) is 0 Å². The van der Waals surface area contributed by atoms with E-state index in [1.807, 2.05) is 0 Å². The van der Waals surface area contributed by atoms with Gasteiger partial charge in [0.2, 0.25) is 0 Å². The Labute approximate surface area is 210 Å². The Morgan fingerprint density at radius 1 is 0.550 bits per heavy atom. The van der Waals surface area contributed by atoms with Gasteiger partial charge in [-0.1, -0.05) is 12.1 Å². The molecule has 1 saturated heterocycles. The lowest BCUT2D eigenvalue weighted by Gasteiger charge is -2.43. The van der Waals surface area contributed by atoms with E-state index >= 15 is 0 Å². The number of para-hydroxylation sites is 1. The van der Waals surface area contributed by atoms with Crippen LogP contribution in [-0.2, 0) is 4.79 Å². The lowest BCUT2D eigenvalue weighted by molar-refractivity contribution is -0.459. The number of nitrogens with zero attached hydrogens (tertiary/aromatic N) is 2. The number of carbonyl (C=O) groups is 1. The van der Waals surface area contributed by atoms with Gasteiger partial charge in [0.25, 0.3) is 5.91 Å². The molecule has 1 amide bonds. The van der Waals surface area contributed by atoms with Gasteiger partial charge in [-0.05, 0) is 12.1 Å². The fourth-order valence-electron chi connectivity index (χ4n) is 3.36. The Hall–Kier alpha value is -2.77.